The number of aromatic nitrogens is 2. The molecule has 3 nitrogen and oxygen atoms in total. The SMILES string of the molecule is O=C(S)c1[nH]c2ccc(Cl)cc2c1-c1nccs1. The van der Waals surface area contributed by atoms with Crippen LogP contribution >= 0.6 is 35.6 Å². The number of carbonyl (C=O) groups is 1. The van der Waals surface area contributed by atoms with Crippen LogP contribution in [0.25, 0.3) is 21.5 Å². The summed E-state index contributed by atoms with van der Waals surface area (Å²) in [5, 5.41) is 3.84. The van der Waals surface area contributed by atoms with Crippen molar-refractivity contribution in [2.75, 3.05) is 0 Å². The minimum absolute atomic E-state index is 0.312. The van der Waals surface area contributed by atoms with Crippen LogP contribution in [0.2, 0.25) is 5.02 Å². The maximum atomic E-state index is 11.6. The topological polar surface area (TPSA) is 45.8 Å². The summed E-state index contributed by atoms with van der Waals surface area (Å²) in [6.45, 7) is 0. The Hall–Kier alpha value is -1.30. The van der Waals surface area contributed by atoms with E-state index in [2.05, 4.69) is 22.6 Å². The number of hydrogen-bond acceptors (Lipinski definition) is 3. The van der Waals surface area contributed by atoms with Crippen molar-refractivity contribution in [2.45, 2.75) is 0 Å². The molecule has 0 bridgehead atoms. The average Bonchev–Trinajstić information content (AvgIpc) is 2.93. The lowest BCUT2D eigenvalue weighted by Crippen LogP contribution is -1.91. The second-order valence-corrected chi connectivity index (χ2v) is 5.44. The van der Waals surface area contributed by atoms with E-state index in [1.165, 1.54) is 11.3 Å². The molecular formula is C12H7ClN2OS2. The first-order valence-corrected chi connectivity index (χ1v) is 6.81. The standard InChI is InChI=1S/C12H7ClN2OS2/c13-6-1-2-8-7(5-6)9(10(15-8)12(16)17)11-14-3-4-18-11/h1-5,15H,(H,16,17). The summed E-state index contributed by atoms with van der Waals surface area (Å²) in [6, 6.07) is 5.44. The number of thiol groups is 1. The molecule has 0 aliphatic heterocycles. The van der Waals surface area contributed by atoms with Crippen LogP contribution in [0.4, 0.5) is 0 Å². The van der Waals surface area contributed by atoms with Crippen LogP contribution in [-0.2, 0) is 0 Å². The lowest BCUT2D eigenvalue weighted by molar-refractivity contribution is 0.108. The third-order valence-corrected chi connectivity index (χ3v) is 3.87. The lowest BCUT2D eigenvalue weighted by atomic mass is 10.1. The maximum Gasteiger partial charge on any atom is 0.233 e. The molecule has 0 saturated carbocycles. The Bertz CT molecular complexity index is 734. The van der Waals surface area contributed by atoms with Crippen LogP contribution in [0.1, 0.15) is 10.5 Å². The normalized spacial score (nSPS) is 11.0. The van der Waals surface area contributed by atoms with Crippen molar-refractivity contribution in [3.8, 4) is 10.6 Å². The third kappa shape index (κ3) is 1.84. The van der Waals surface area contributed by atoms with Gasteiger partial charge in [0.15, 0.2) is 0 Å². The van der Waals surface area contributed by atoms with E-state index in [4.69, 9.17) is 11.6 Å². The predicted octanol–water partition coefficient (Wildman–Crippen LogP) is 4.01. The van der Waals surface area contributed by atoms with Gasteiger partial charge in [0.05, 0.1) is 0 Å². The Morgan fingerprint density at radius 3 is 2.94 bits per heavy atom. The number of nitrogens with zero attached hydrogens (tertiary/aromatic N) is 1. The van der Waals surface area contributed by atoms with E-state index in [1.54, 1.807) is 12.3 Å². The molecule has 0 aliphatic rings. The molecule has 0 saturated heterocycles. The average molecular weight is 295 g/mol. The molecule has 1 aromatic carbocycles. The maximum absolute atomic E-state index is 11.6. The van der Waals surface area contributed by atoms with Crippen molar-refractivity contribution in [1.29, 1.82) is 0 Å². The van der Waals surface area contributed by atoms with E-state index in [0.717, 1.165) is 21.5 Å². The number of thiazole rings is 1. The molecule has 0 atom stereocenters. The summed E-state index contributed by atoms with van der Waals surface area (Å²) in [5.41, 5.74) is 2.06. The summed E-state index contributed by atoms with van der Waals surface area (Å²) in [7, 11) is 0. The van der Waals surface area contributed by atoms with Crippen molar-refractivity contribution in [3.63, 3.8) is 0 Å². The predicted molar refractivity (Wildman–Crippen MR) is 77.7 cm³/mol. The van der Waals surface area contributed by atoms with Crippen molar-refractivity contribution < 1.29 is 4.79 Å². The number of halogens is 1. The lowest BCUT2D eigenvalue weighted by Gasteiger charge is -1.97. The van der Waals surface area contributed by atoms with Gasteiger partial charge in [0.25, 0.3) is 0 Å². The molecule has 18 heavy (non-hydrogen) atoms. The van der Waals surface area contributed by atoms with E-state index in [9.17, 15) is 4.79 Å². The van der Waals surface area contributed by atoms with Gasteiger partial charge in [0.2, 0.25) is 5.12 Å². The monoisotopic (exact) mass is 294 g/mol. The first-order valence-electron chi connectivity index (χ1n) is 5.11. The Morgan fingerprint density at radius 1 is 1.44 bits per heavy atom. The zero-order chi connectivity index (χ0) is 12.7. The molecular weight excluding hydrogens is 288 g/mol. The number of H-pyrrole nitrogens is 1. The molecule has 0 fully saturated rings. The highest BCUT2D eigenvalue weighted by molar-refractivity contribution is 7.97. The third-order valence-electron chi connectivity index (χ3n) is 2.62. The summed E-state index contributed by atoms with van der Waals surface area (Å²) >= 11 is 11.4. The second kappa shape index (κ2) is 4.42. The van der Waals surface area contributed by atoms with Gasteiger partial charge in [-0.05, 0) is 18.2 Å². The molecule has 2 aromatic heterocycles. The molecule has 1 N–H and O–H groups in total. The quantitative estimate of drug-likeness (QED) is 0.701. The Morgan fingerprint density at radius 2 is 2.28 bits per heavy atom. The van der Waals surface area contributed by atoms with Gasteiger partial charge in [-0.1, -0.05) is 24.2 Å². The number of hydrogen-bond donors (Lipinski definition) is 2. The molecule has 0 unspecified atom stereocenters. The van der Waals surface area contributed by atoms with Crippen LogP contribution in [0.3, 0.4) is 0 Å². The molecule has 0 spiro atoms. The van der Waals surface area contributed by atoms with E-state index >= 15 is 0 Å². The number of aromatic amines is 1. The summed E-state index contributed by atoms with van der Waals surface area (Å²) < 4.78 is 0. The Kier molecular flexibility index (Phi) is 2.89. The Labute approximate surface area is 117 Å². The number of fused-ring (bicyclic) bond motifs is 1. The van der Waals surface area contributed by atoms with Crippen LogP contribution in [0.15, 0.2) is 29.8 Å². The molecule has 3 rings (SSSR count). The van der Waals surface area contributed by atoms with Crippen LogP contribution in [0.5, 0.6) is 0 Å². The number of benzene rings is 1. The summed E-state index contributed by atoms with van der Waals surface area (Å²) in [5.74, 6) is 0. The summed E-state index contributed by atoms with van der Waals surface area (Å²) in [4.78, 5) is 18.9. The summed E-state index contributed by atoms with van der Waals surface area (Å²) in [6.07, 6.45) is 1.70. The fourth-order valence-electron chi connectivity index (χ4n) is 1.89. The Balaban J connectivity index is 2.41. The van der Waals surface area contributed by atoms with Crippen molar-refractivity contribution >= 4 is 51.6 Å². The van der Waals surface area contributed by atoms with Gasteiger partial charge in [-0.3, -0.25) is 4.79 Å². The molecule has 6 heteroatoms. The van der Waals surface area contributed by atoms with Gasteiger partial charge < -0.3 is 4.98 Å². The van der Waals surface area contributed by atoms with Crippen LogP contribution in [-0.4, -0.2) is 15.1 Å². The number of nitrogens with one attached hydrogen (secondary N) is 1. The molecule has 0 aliphatic carbocycles. The highest BCUT2D eigenvalue weighted by Gasteiger charge is 2.18. The van der Waals surface area contributed by atoms with Crippen molar-refractivity contribution in [1.82, 2.24) is 9.97 Å². The molecule has 2 heterocycles. The van der Waals surface area contributed by atoms with Gasteiger partial charge in [-0.15, -0.1) is 11.3 Å². The second-order valence-electron chi connectivity index (χ2n) is 3.71. The molecule has 3 aromatic rings. The molecule has 0 radical (unpaired) electrons. The van der Waals surface area contributed by atoms with Gasteiger partial charge in [0, 0.05) is 33.1 Å². The molecule has 0 amide bonds. The van der Waals surface area contributed by atoms with Gasteiger partial charge >= 0.3 is 0 Å². The first kappa shape index (κ1) is 11.8. The van der Waals surface area contributed by atoms with E-state index in [0.29, 0.717) is 10.7 Å². The zero-order valence-electron chi connectivity index (χ0n) is 8.98. The van der Waals surface area contributed by atoms with Crippen molar-refractivity contribution in [2.24, 2.45) is 0 Å². The van der Waals surface area contributed by atoms with E-state index in [1.807, 2.05) is 17.5 Å². The highest BCUT2D eigenvalue weighted by atomic mass is 35.5. The fourth-order valence-corrected chi connectivity index (χ4v) is 2.94. The smallest absolute Gasteiger partial charge is 0.233 e. The minimum Gasteiger partial charge on any atom is -0.351 e. The number of rotatable bonds is 2. The van der Waals surface area contributed by atoms with Gasteiger partial charge in [-0.2, -0.15) is 0 Å². The number of carbonyl (C=O) groups excluding carboxylic acids is 1. The van der Waals surface area contributed by atoms with E-state index < -0.39 is 0 Å². The minimum atomic E-state index is -0.312. The van der Waals surface area contributed by atoms with Gasteiger partial charge in [0.1, 0.15) is 10.7 Å². The highest BCUT2D eigenvalue weighted by Crippen LogP contribution is 2.35. The van der Waals surface area contributed by atoms with Crippen molar-refractivity contribution in [3.05, 3.63) is 40.5 Å². The largest absolute Gasteiger partial charge is 0.351 e. The van der Waals surface area contributed by atoms with Crippen LogP contribution < -0.4 is 0 Å². The first-order chi connectivity index (χ1) is 8.66. The zero-order valence-corrected chi connectivity index (χ0v) is 11.4. The fraction of sp³-hybridized carbons (Fsp3) is 0. The molecule has 90 valence electrons. The van der Waals surface area contributed by atoms with E-state index in [-0.39, 0.29) is 5.12 Å². The van der Waals surface area contributed by atoms with Gasteiger partial charge in [-0.25, -0.2) is 4.98 Å². The van der Waals surface area contributed by atoms with Crippen LogP contribution in [0, 0.1) is 0 Å².